The van der Waals surface area contributed by atoms with Gasteiger partial charge in [-0.25, -0.2) is 13.2 Å². The van der Waals surface area contributed by atoms with Crippen LogP contribution in [0, 0.1) is 5.92 Å². The van der Waals surface area contributed by atoms with E-state index in [0.29, 0.717) is 6.07 Å². The van der Waals surface area contributed by atoms with Crippen LogP contribution in [0.25, 0.3) is 0 Å². The monoisotopic (exact) mass is 580 g/mol. The van der Waals surface area contributed by atoms with E-state index >= 15 is 0 Å². The Bertz CT molecular complexity index is 1320. The molecule has 0 saturated carbocycles. The number of nitrogens with zero attached hydrogens (tertiary/aromatic N) is 1. The number of likely N-dealkylation sites (tertiary alicyclic amines) is 1. The van der Waals surface area contributed by atoms with Crippen molar-refractivity contribution >= 4 is 21.7 Å². The van der Waals surface area contributed by atoms with Crippen molar-refractivity contribution in [1.29, 1.82) is 0 Å². The van der Waals surface area contributed by atoms with Gasteiger partial charge in [-0.2, -0.15) is 26.3 Å². The third-order valence-corrected chi connectivity index (χ3v) is 9.53. The number of hydrogen-bond donors (Lipinski definition) is 1. The van der Waals surface area contributed by atoms with Crippen LogP contribution in [0.5, 0.6) is 0 Å². The maximum atomic E-state index is 13.4. The molecule has 2 N–H and O–H groups in total. The van der Waals surface area contributed by atoms with Crippen molar-refractivity contribution in [3.63, 3.8) is 0 Å². The summed E-state index contributed by atoms with van der Waals surface area (Å²) in [6, 6.07) is 10.1. The van der Waals surface area contributed by atoms with Gasteiger partial charge in [-0.1, -0.05) is 36.4 Å². The lowest BCUT2D eigenvalue weighted by Crippen LogP contribution is -2.58. The van der Waals surface area contributed by atoms with Crippen molar-refractivity contribution < 1.29 is 49.1 Å². The number of rotatable bonds is 6. The number of esters is 1. The number of benzene rings is 2. The molecular formula is C25H26F6N2O5S. The first kappa shape index (κ1) is 30.4. The molecule has 1 aliphatic heterocycles. The van der Waals surface area contributed by atoms with E-state index in [0.717, 1.165) is 23.1 Å². The molecule has 7 nitrogen and oxygen atoms in total. The number of piperidine rings is 1. The smallest absolute Gasteiger partial charge is 0.423 e. The molecular weight excluding hydrogens is 554 g/mol. The molecule has 1 heterocycles. The molecule has 2 aromatic carbocycles. The maximum Gasteiger partial charge on any atom is 0.491 e. The molecule has 1 saturated heterocycles. The number of alkyl halides is 6. The van der Waals surface area contributed by atoms with Gasteiger partial charge in [-0.3, -0.25) is 10.5 Å². The average Bonchev–Trinajstić information content (AvgIpc) is 2.87. The SMILES string of the molecule is CC(C)(C1CCN(C(=O)[C@](N)(OC(=O)C(F)(F)F)c2ccccc2)CC1)S(=O)(=O)c1cccc(C(F)(F)F)c1. The fraction of sp³-hybridized carbons (Fsp3) is 0.440. The second-order valence-electron chi connectivity index (χ2n) is 9.69. The van der Waals surface area contributed by atoms with E-state index in [2.05, 4.69) is 4.74 Å². The van der Waals surface area contributed by atoms with Crippen molar-refractivity contribution in [3.8, 4) is 0 Å². The van der Waals surface area contributed by atoms with Gasteiger partial charge in [0.1, 0.15) is 0 Å². The van der Waals surface area contributed by atoms with E-state index in [9.17, 15) is 44.3 Å². The van der Waals surface area contributed by atoms with Gasteiger partial charge in [0.2, 0.25) is 0 Å². The first-order valence-electron chi connectivity index (χ1n) is 11.7. The number of sulfone groups is 1. The zero-order valence-corrected chi connectivity index (χ0v) is 21.7. The Labute approximate surface area is 220 Å². The predicted molar refractivity (Wildman–Crippen MR) is 126 cm³/mol. The van der Waals surface area contributed by atoms with Crippen LogP contribution in [0.15, 0.2) is 59.5 Å². The van der Waals surface area contributed by atoms with E-state index in [1.165, 1.54) is 44.2 Å². The number of amides is 1. The molecule has 1 atom stereocenters. The Morgan fingerprint density at radius 2 is 1.44 bits per heavy atom. The van der Waals surface area contributed by atoms with Crippen molar-refractivity contribution in [3.05, 3.63) is 65.7 Å². The second-order valence-corrected chi connectivity index (χ2v) is 12.2. The summed E-state index contributed by atoms with van der Waals surface area (Å²) in [5.74, 6) is -4.43. The summed E-state index contributed by atoms with van der Waals surface area (Å²) in [4.78, 5) is 25.5. The fourth-order valence-corrected chi connectivity index (χ4v) is 6.31. The summed E-state index contributed by atoms with van der Waals surface area (Å²) in [7, 11) is -4.28. The van der Waals surface area contributed by atoms with Gasteiger partial charge in [0.05, 0.1) is 15.2 Å². The van der Waals surface area contributed by atoms with Crippen molar-refractivity contribution in [2.45, 2.75) is 54.4 Å². The molecule has 0 aromatic heterocycles. The molecule has 1 fully saturated rings. The normalized spacial score (nSPS) is 17.4. The number of hydrogen-bond acceptors (Lipinski definition) is 6. The minimum atomic E-state index is -5.42. The number of nitrogens with two attached hydrogens (primary N) is 1. The third-order valence-electron chi connectivity index (χ3n) is 6.94. The van der Waals surface area contributed by atoms with Gasteiger partial charge in [0, 0.05) is 18.7 Å². The molecule has 0 aliphatic carbocycles. The topological polar surface area (TPSA) is 107 Å². The van der Waals surface area contributed by atoms with Crippen LogP contribution < -0.4 is 5.73 Å². The quantitative estimate of drug-likeness (QED) is 0.308. The van der Waals surface area contributed by atoms with Crippen LogP contribution in [0.1, 0.15) is 37.8 Å². The average molecular weight is 581 g/mol. The predicted octanol–water partition coefficient (Wildman–Crippen LogP) is 4.41. The third kappa shape index (κ3) is 6.06. The zero-order chi connectivity index (χ0) is 29.4. The molecule has 214 valence electrons. The molecule has 0 spiro atoms. The van der Waals surface area contributed by atoms with E-state index in [1.54, 1.807) is 0 Å². The van der Waals surface area contributed by atoms with E-state index in [-0.39, 0.29) is 31.5 Å². The molecule has 0 unspecified atom stereocenters. The Hall–Kier alpha value is -3.13. The summed E-state index contributed by atoms with van der Waals surface area (Å²) in [5.41, 5.74) is 1.86. The maximum absolute atomic E-state index is 13.4. The second kappa shape index (κ2) is 10.5. The Morgan fingerprint density at radius 1 is 0.897 bits per heavy atom. The first-order valence-corrected chi connectivity index (χ1v) is 13.2. The van der Waals surface area contributed by atoms with Gasteiger partial charge in [-0.05, 0) is 50.8 Å². The molecule has 3 rings (SSSR count). The largest absolute Gasteiger partial charge is 0.491 e. The Morgan fingerprint density at radius 3 is 1.95 bits per heavy atom. The summed E-state index contributed by atoms with van der Waals surface area (Å²) in [6.07, 6.45) is -10.1. The lowest BCUT2D eigenvalue weighted by atomic mass is 9.85. The van der Waals surface area contributed by atoms with Crippen LogP contribution in [-0.4, -0.2) is 49.2 Å². The van der Waals surface area contributed by atoms with Gasteiger partial charge < -0.3 is 9.64 Å². The van der Waals surface area contributed by atoms with Crippen molar-refractivity contribution in [1.82, 2.24) is 4.90 Å². The highest BCUT2D eigenvalue weighted by atomic mass is 32.2. The minimum absolute atomic E-state index is 0.0367. The standard InChI is InChI=1S/C25H26F6N2O5S/c1-22(2,39(36,37)19-10-6-9-18(15-19)24(26,27)28)16-11-13-33(14-12-16)20(34)23(32,17-7-4-3-5-8-17)38-21(35)25(29,30)31/h3-10,15-16H,11-14,32H2,1-2H3/t23-/m1/s1. The van der Waals surface area contributed by atoms with Crippen molar-refractivity contribution in [2.75, 3.05) is 13.1 Å². The van der Waals surface area contributed by atoms with Gasteiger partial charge >= 0.3 is 18.3 Å². The number of carbonyl (C=O) groups excluding carboxylic acids is 2. The summed E-state index contributed by atoms with van der Waals surface area (Å²) >= 11 is 0. The number of halogens is 6. The van der Waals surface area contributed by atoms with Crippen molar-refractivity contribution in [2.24, 2.45) is 11.7 Å². The van der Waals surface area contributed by atoms with Crippen LogP contribution in [0.4, 0.5) is 26.3 Å². The van der Waals surface area contributed by atoms with E-state index in [4.69, 9.17) is 5.73 Å². The number of carbonyl (C=O) groups is 2. The van der Waals surface area contributed by atoms with E-state index in [1.807, 2.05) is 0 Å². The highest BCUT2D eigenvalue weighted by molar-refractivity contribution is 7.92. The van der Waals surface area contributed by atoms with Gasteiger partial charge in [-0.15, -0.1) is 0 Å². The van der Waals surface area contributed by atoms with Gasteiger partial charge in [0.15, 0.2) is 9.84 Å². The molecule has 14 heteroatoms. The van der Waals surface area contributed by atoms with Crippen LogP contribution >= 0.6 is 0 Å². The van der Waals surface area contributed by atoms with Crippen LogP contribution in [0.2, 0.25) is 0 Å². The van der Waals surface area contributed by atoms with E-state index < -0.39 is 60.9 Å². The molecule has 1 amide bonds. The zero-order valence-electron chi connectivity index (χ0n) is 20.8. The molecule has 0 radical (unpaired) electrons. The summed E-state index contributed by atoms with van der Waals surface area (Å²) < 4.78 is 108. The molecule has 0 bridgehead atoms. The fourth-order valence-electron chi connectivity index (χ4n) is 4.49. The number of ether oxygens (including phenoxy) is 1. The molecule has 2 aromatic rings. The highest BCUT2D eigenvalue weighted by Crippen LogP contribution is 2.40. The molecule has 1 aliphatic rings. The molecule has 39 heavy (non-hydrogen) atoms. The summed E-state index contributed by atoms with van der Waals surface area (Å²) in [6.45, 7) is 2.43. The lowest BCUT2D eigenvalue weighted by Gasteiger charge is -2.42. The van der Waals surface area contributed by atoms with Crippen LogP contribution in [0.3, 0.4) is 0 Å². The Balaban J connectivity index is 1.83. The first-order chi connectivity index (χ1) is 17.8. The van der Waals surface area contributed by atoms with Gasteiger partial charge in [0.25, 0.3) is 11.6 Å². The summed E-state index contributed by atoms with van der Waals surface area (Å²) in [5, 5.41) is 0. The lowest BCUT2D eigenvalue weighted by molar-refractivity contribution is -0.217. The Kier molecular flexibility index (Phi) is 8.15. The highest BCUT2D eigenvalue weighted by Gasteiger charge is 2.52. The van der Waals surface area contributed by atoms with Crippen LogP contribution in [-0.2, 0) is 36.1 Å². The minimum Gasteiger partial charge on any atom is -0.423 e.